The van der Waals surface area contributed by atoms with Crippen LogP contribution in [0, 0.1) is 11.7 Å². The molecule has 0 bridgehead atoms. The highest BCUT2D eigenvalue weighted by molar-refractivity contribution is 9.10. The summed E-state index contributed by atoms with van der Waals surface area (Å²) in [5.74, 6) is -0.207. The fraction of sp³-hybridized carbons (Fsp3) is 0.300. The Labute approximate surface area is 160 Å². The quantitative estimate of drug-likeness (QED) is 0.692. The minimum Gasteiger partial charge on any atom is -0.497 e. The molecule has 136 valence electrons. The van der Waals surface area contributed by atoms with Crippen LogP contribution in [0.4, 0.5) is 4.39 Å². The van der Waals surface area contributed by atoms with Crippen LogP contribution in [0.1, 0.15) is 33.6 Å². The summed E-state index contributed by atoms with van der Waals surface area (Å²) in [5.41, 5.74) is 0.711. The van der Waals surface area contributed by atoms with Crippen LogP contribution in [0.5, 0.6) is 5.75 Å². The van der Waals surface area contributed by atoms with Crippen LogP contribution in [0.15, 0.2) is 46.9 Å². The van der Waals surface area contributed by atoms with Crippen LogP contribution in [-0.2, 0) is 0 Å². The molecular weight excluding hydrogens is 401 g/mol. The third kappa shape index (κ3) is 3.96. The zero-order valence-electron chi connectivity index (χ0n) is 14.4. The monoisotopic (exact) mass is 419 g/mol. The van der Waals surface area contributed by atoms with E-state index in [9.17, 15) is 14.0 Å². The summed E-state index contributed by atoms with van der Waals surface area (Å²) in [7, 11) is 1.58. The number of halogens is 2. The lowest BCUT2D eigenvalue weighted by Gasteiger charge is -2.31. The molecule has 1 aliphatic heterocycles. The number of nitrogens with zero attached hydrogens (tertiary/aromatic N) is 1. The van der Waals surface area contributed by atoms with Gasteiger partial charge in [-0.05, 0) is 55.3 Å². The smallest absolute Gasteiger partial charge is 0.256 e. The Balaban J connectivity index is 1.63. The number of ketones is 1. The van der Waals surface area contributed by atoms with Gasteiger partial charge in [0.25, 0.3) is 5.91 Å². The van der Waals surface area contributed by atoms with Gasteiger partial charge in [0, 0.05) is 29.0 Å². The van der Waals surface area contributed by atoms with Crippen LogP contribution < -0.4 is 4.74 Å². The molecule has 2 aromatic carbocycles. The minimum absolute atomic E-state index is 0.0631. The molecule has 0 aromatic heterocycles. The first-order valence-corrected chi connectivity index (χ1v) is 9.21. The van der Waals surface area contributed by atoms with Crippen molar-refractivity contribution in [3.63, 3.8) is 0 Å². The Hall–Kier alpha value is -2.21. The summed E-state index contributed by atoms with van der Waals surface area (Å²) in [4.78, 5) is 26.8. The van der Waals surface area contributed by atoms with E-state index in [0.29, 0.717) is 41.7 Å². The van der Waals surface area contributed by atoms with Gasteiger partial charge in [0.15, 0.2) is 5.78 Å². The largest absolute Gasteiger partial charge is 0.497 e. The van der Waals surface area contributed by atoms with Crippen molar-refractivity contribution >= 4 is 27.6 Å². The fourth-order valence-corrected chi connectivity index (χ4v) is 3.50. The maximum Gasteiger partial charge on any atom is 0.256 e. The van der Waals surface area contributed by atoms with Crippen LogP contribution in [-0.4, -0.2) is 36.8 Å². The molecule has 1 saturated heterocycles. The molecule has 3 rings (SSSR count). The van der Waals surface area contributed by atoms with Gasteiger partial charge in [0.05, 0.1) is 12.7 Å². The van der Waals surface area contributed by atoms with E-state index in [4.69, 9.17) is 4.74 Å². The average Bonchev–Trinajstić information content (AvgIpc) is 2.67. The zero-order chi connectivity index (χ0) is 18.7. The van der Waals surface area contributed by atoms with Crippen LogP contribution in [0.3, 0.4) is 0 Å². The summed E-state index contributed by atoms with van der Waals surface area (Å²) in [5, 5.41) is 0. The molecule has 0 spiro atoms. The van der Waals surface area contributed by atoms with E-state index >= 15 is 0 Å². The van der Waals surface area contributed by atoms with E-state index in [1.165, 1.54) is 12.1 Å². The normalized spacial score (nSPS) is 15.0. The van der Waals surface area contributed by atoms with E-state index < -0.39 is 5.82 Å². The molecule has 6 heteroatoms. The molecule has 0 radical (unpaired) electrons. The number of Topliss-reactive ketones (excluding diaryl/α,β-unsaturated/α-hetero) is 1. The lowest BCUT2D eigenvalue weighted by molar-refractivity contribution is 0.0646. The number of carbonyl (C=O) groups excluding carboxylic acids is 2. The Morgan fingerprint density at radius 1 is 1.12 bits per heavy atom. The molecule has 1 amide bonds. The van der Waals surface area contributed by atoms with Crippen molar-refractivity contribution in [2.24, 2.45) is 5.92 Å². The van der Waals surface area contributed by atoms with Gasteiger partial charge in [-0.25, -0.2) is 4.39 Å². The Bertz CT molecular complexity index is 814. The van der Waals surface area contributed by atoms with Gasteiger partial charge < -0.3 is 9.64 Å². The fourth-order valence-electron chi connectivity index (χ4n) is 3.17. The summed E-state index contributed by atoms with van der Waals surface area (Å²) < 4.78 is 19.7. The first-order valence-electron chi connectivity index (χ1n) is 8.42. The Morgan fingerprint density at radius 3 is 2.35 bits per heavy atom. The second kappa shape index (κ2) is 7.99. The van der Waals surface area contributed by atoms with E-state index in [1.807, 2.05) is 0 Å². The van der Waals surface area contributed by atoms with E-state index in [2.05, 4.69) is 15.9 Å². The standard InChI is InChI=1S/C20H19BrFNO3/c1-26-16-5-2-13(3-6-16)19(24)14-8-10-23(11-9-14)20(25)17-7-4-15(21)12-18(17)22/h2-7,12,14H,8-11H2,1H3. The van der Waals surface area contributed by atoms with Crippen molar-refractivity contribution in [2.75, 3.05) is 20.2 Å². The summed E-state index contributed by atoms with van der Waals surface area (Å²) >= 11 is 3.19. The van der Waals surface area contributed by atoms with Crippen molar-refractivity contribution in [2.45, 2.75) is 12.8 Å². The highest BCUT2D eigenvalue weighted by Gasteiger charge is 2.29. The van der Waals surface area contributed by atoms with E-state index in [-0.39, 0.29) is 23.2 Å². The third-order valence-electron chi connectivity index (χ3n) is 4.69. The maximum atomic E-state index is 14.0. The van der Waals surface area contributed by atoms with Crippen LogP contribution in [0.2, 0.25) is 0 Å². The van der Waals surface area contributed by atoms with E-state index in [1.54, 1.807) is 42.3 Å². The lowest BCUT2D eigenvalue weighted by atomic mass is 9.88. The van der Waals surface area contributed by atoms with Gasteiger partial charge in [0.2, 0.25) is 0 Å². The van der Waals surface area contributed by atoms with Gasteiger partial charge in [-0.1, -0.05) is 15.9 Å². The number of piperidine rings is 1. The molecule has 1 aliphatic rings. The number of methoxy groups -OCH3 is 1. The Morgan fingerprint density at radius 2 is 1.77 bits per heavy atom. The lowest BCUT2D eigenvalue weighted by Crippen LogP contribution is -2.40. The molecule has 1 fully saturated rings. The third-order valence-corrected chi connectivity index (χ3v) is 5.18. The number of ether oxygens (including phenoxy) is 1. The zero-order valence-corrected chi connectivity index (χ0v) is 16.0. The van der Waals surface area contributed by atoms with Gasteiger partial charge in [-0.3, -0.25) is 9.59 Å². The molecule has 0 N–H and O–H groups in total. The van der Waals surface area contributed by atoms with Crippen molar-refractivity contribution in [3.05, 3.63) is 63.9 Å². The second-order valence-electron chi connectivity index (χ2n) is 6.28. The van der Waals surface area contributed by atoms with Gasteiger partial charge >= 0.3 is 0 Å². The minimum atomic E-state index is -0.541. The SMILES string of the molecule is COc1ccc(C(=O)C2CCN(C(=O)c3ccc(Br)cc3F)CC2)cc1. The number of amides is 1. The molecule has 0 atom stereocenters. The first kappa shape index (κ1) is 18.6. The number of rotatable bonds is 4. The molecule has 2 aromatic rings. The molecule has 4 nitrogen and oxygen atoms in total. The molecule has 0 unspecified atom stereocenters. The number of hydrogen-bond donors (Lipinski definition) is 0. The highest BCUT2D eigenvalue weighted by atomic mass is 79.9. The average molecular weight is 420 g/mol. The summed E-state index contributed by atoms with van der Waals surface area (Å²) in [6.07, 6.45) is 1.16. The number of carbonyl (C=O) groups is 2. The number of benzene rings is 2. The topological polar surface area (TPSA) is 46.6 Å². The predicted octanol–water partition coefficient (Wildman–Crippen LogP) is 4.33. The van der Waals surface area contributed by atoms with Crippen molar-refractivity contribution < 1.29 is 18.7 Å². The van der Waals surface area contributed by atoms with E-state index in [0.717, 1.165) is 0 Å². The summed E-state index contributed by atoms with van der Waals surface area (Å²) in [6.45, 7) is 0.891. The number of likely N-dealkylation sites (tertiary alicyclic amines) is 1. The second-order valence-corrected chi connectivity index (χ2v) is 7.20. The first-order chi connectivity index (χ1) is 12.5. The highest BCUT2D eigenvalue weighted by Crippen LogP contribution is 2.25. The molecule has 1 heterocycles. The van der Waals surface area contributed by atoms with Crippen LogP contribution in [0.25, 0.3) is 0 Å². The van der Waals surface area contributed by atoms with Gasteiger partial charge in [-0.2, -0.15) is 0 Å². The molecule has 0 aliphatic carbocycles. The van der Waals surface area contributed by atoms with Crippen molar-refractivity contribution in [1.29, 1.82) is 0 Å². The Kier molecular flexibility index (Phi) is 5.71. The van der Waals surface area contributed by atoms with Crippen LogP contribution >= 0.6 is 15.9 Å². The van der Waals surface area contributed by atoms with Gasteiger partial charge in [-0.15, -0.1) is 0 Å². The van der Waals surface area contributed by atoms with Crippen molar-refractivity contribution in [3.8, 4) is 5.75 Å². The molecular formula is C20H19BrFNO3. The van der Waals surface area contributed by atoms with Crippen molar-refractivity contribution in [1.82, 2.24) is 4.90 Å². The molecule has 26 heavy (non-hydrogen) atoms. The molecule has 0 saturated carbocycles. The maximum absolute atomic E-state index is 14.0. The number of hydrogen-bond acceptors (Lipinski definition) is 3. The predicted molar refractivity (Wildman–Crippen MR) is 100 cm³/mol. The summed E-state index contributed by atoms with van der Waals surface area (Å²) in [6, 6.07) is 11.5. The van der Waals surface area contributed by atoms with Gasteiger partial charge in [0.1, 0.15) is 11.6 Å².